The molecule has 3 amide bonds. The van der Waals surface area contributed by atoms with Crippen LogP contribution in [0.4, 0.5) is 15.6 Å². The number of aromatic nitrogens is 1. The summed E-state index contributed by atoms with van der Waals surface area (Å²) in [6, 6.07) is 14.6. The minimum atomic E-state index is -0.269. The van der Waals surface area contributed by atoms with Crippen LogP contribution in [0.15, 0.2) is 54.7 Å². The Morgan fingerprint density at radius 1 is 0.643 bits per heavy atom. The van der Waals surface area contributed by atoms with Crippen LogP contribution in [-0.4, -0.2) is 30.5 Å². The van der Waals surface area contributed by atoms with Gasteiger partial charge in [-0.1, -0.05) is 183 Å². The van der Waals surface area contributed by atoms with E-state index in [1.165, 1.54) is 88.4 Å². The standard InChI is InChI=1S/C20H18N4O3S.C12H22.C6H12.5C2H6/c1-21-19(26)23-14-4-8-16(9-5-14)27-15-6-2-13(3-7-15)17-12-22-20(28-17)24-11-10-18(24)25;1-3-7-11(8-4-1)12-9-5-2-6-10-12;1-2-4-6-5-3-1;5*1-2/h2-9,12H,10-11H2,1H3,(H2,21,23,26);11-12H,1-10H2;1-6H2;5*1-2H3. The first-order valence-corrected chi connectivity index (χ1v) is 23.5. The van der Waals surface area contributed by atoms with Gasteiger partial charge in [0.05, 0.1) is 4.88 Å². The lowest BCUT2D eigenvalue weighted by molar-refractivity contribution is -0.122. The number of benzene rings is 2. The van der Waals surface area contributed by atoms with Crippen molar-refractivity contribution in [2.75, 3.05) is 23.8 Å². The van der Waals surface area contributed by atoms with Crippen LogP contribution in [0.3, 0.4) is 0 Å². The summed E-state index contributed by atoms with van der Waals surface area (Å²) in [5.41, 5.74) is 1.71. The molecule has 2 N–H and O–H groups in total. The van der Waals surface area contributed by atoms with Gasteiger partial charge in [0, 0.05) is 31.9 Å². The van der Waals surface area contributed by atoms with E-state index in [2.05, 4.69) is 15.6 Å². The molecule has 7 nitrogen and oxygen atoms in total. The molecule has 2 heterocycles. The van der Waals surface area contributed by atoms with Crippen LogP contribution < -0.4 is 20.3 Å². The first-order valence-electron chi connectivity index (χ1n) is 22.7. The summed E-state index contributed by atoms with van der Waals surface area (Å²) in [4.78, 5) is 29.9. The summed E-state index contributed by atoms with van der Waals surface area (Å²) < 4.78 is 5.85. The van der Waals surface area contributed by atoms with E-state index in [9.17, 15) is 9.59 Å². The molecule has 3 aliphatic carbocycles. The van der Waals surface area contributed by atoms with Gasteiger partial charge in [-0.25, -0.2) is 9.78 Å². The highest BCUT2D eigenvalue weighted by Gasteiger charge is 2.28. The third kappa shape index (κ3) is 20.2. The van der Waals surface area contributed by atoms with E-state index < -0.39 is 0 Å². The summed E-state index contributed by atoms with van der Waals surface area (Å²) in [6.07, 6.45) is 26.8. The van der Waals surface area contributed by atoms with Gasteiger partial charge in [-0.2, -0.15) is 0 Å². The maximum atomic E-state index is 11.5. The smallest absolute Gasteiger partial charge is 0.318 e. The Hall–Kier alpha value is -3.39. The number of nitrogens with zero attached hydrogens (tertiary/aromatic N) is 2. The number of nitrogens with one attached hydrogen (secondary N) is 2. The predicted octanol–water partition coefficient (Wildman–Crippen LogP) is 15.7. The lowest BCUT2D eigenvalue weighted by atomic mass is 9.73. The second-order valence-corrected chi connectivity index (χ2v) is 14.1. The van der Waals surface area contributed by atoms with Gasteiger partial charge in [-0.3, -0.25) is 9.69 Å². The maximum absolute atomic E-state index is 11.5. The fraction of sp³-hybridized carbons (Fsp3) is 0.646. The highest BCUT2D eigenvalue weighted by molar-refractivity contribution is 7.19. The molecule has 56 heavy (non-hydrogen) atoms. The SMILES string of the molecule is C1CCC(C2CCCCC2)CC1.C1CCCCC1.CC.CC.CC.CC.CC.CNC(=O)Nc1ccc(Oc2ccc(-c3cnc(N4CCC4=O)s3)cc2)cc1. The van der Waals surface area contributed by atoms with E-state index in [0.717, 1.165) is 34.0 Å². The predicted molar refractivity (Wildman–Crippen MR) is 247 cm³/mol. The number of thiazole rings is 1. The molecule has 0 spiro atoms. The molecule has 0 radical (unpaired) electrons. The molecule has 318 valence electrons. The summed E-state index contributed by atoms with van der Waals surface area (Å²) in [5.74, 6) is 3.78. The first-order chi connectivity index (χ1) is 27.6. The van der Waals surface area contributed by atoms with Crippen molar-refractivity contribution in [1.29, 1.82) is 0 Å². The molecule has 0 bridgehead atoms. The maximum Gasteiger partial charge on any atom is 0.318 e. The zero-order valence-electron chi connectivity index (χ0n) is 37.6. The van der Waals surface area contributed by atoms with Gasteiger partial charge in [-0.05, 0) is 65.9 Å². The number of anilines is 2. The summed E-state index contributed by atoms with van der Waals surface area (Å²) >= 11 is 1.51. The number of rotatable bonds is 6. The van der Waals surface area contributed by atoms with Gasteiger partial charge in [0.1, 0.15) is 11.5 Å². The normalized spacial score (nSPS) is 15.8. The summed E-state index contributed by atoms with van der Waals surface area (Å²) in [6.45, 7) is 20.7. The number of amides is 3. The van der Waals surface area contributed by atoms with Gasteiger partial charge in [0.25, 0.3) is 0 Å². The van der Waals surface area contributed by atoms with Crippen molar-refractivity contribution < 1.29 is 14.3 Å². The van der Waals surface area contributed by atoms with Gasteiger partial charge < -0.3 is 15.4 Å². The number of β-lactam (4-membered cyclic amide) rings is 1. The average molecular weight is 795 g/mol. The van der Waals surface area contributed by atoms with Gasteiger partial charge in [-0.15, -0.1) is 0 Å². The number of hydrogen-bond acceptors (Lipinski definition) is 5. The van der Waals surface area contributed by atoms with Crippen LogP contribution in [0.1, 0.15) is 178 Å². The molecule has 8 heteroatoms. The zero-order chi connectivity index (χ0) is 42.0. The largest absolute Gasteiger partial charge is 0.457 e. The van der Waals surface area contributed by atoms with Crippen LogP contribution in [0.25, 0.3) is 10.4 Å². The molecule has 2 aromatic carbocycles. The lowest BCUT2D eigenvalue weighted by Crippen LogP contribution is -2.43. The van der Waals surface area contributed by atoms with Crippen molar-refractivity contribution in [2.24, 2.45) is 11.8 Å². The number of carbonyl (C=O) groups excluding carboxylic acids is 2. The second kappa shape index (κ2) is 34.8. The Morgan fingerprint density at radius 3 is 1.43 bits per heavy atom. The van der Waals surface area contributed by atoms with Crippen molar-refractivity contribution in [3.05, 3.63) is 54.7 Å². The first kappa shape index (κ1) is 52.6. The van der Waals surface area contributed by atoms with Crippen LogP contribution >= 0.6 is 11.3 Å². The fourth-order valence-corrected chi connectivity index (χ4v) is 7.90. The minimum absolute atomic E-state index is 0.126. The van der Waals surface area contributed by atoms with E-state index in [4.69, 9.17) is 4.74 Å². The highest BCUT2D eigenvalue weighted by Crippen LogP contribution is 2.38. The lowest BCUT2D eigenvalue weighted by Gasteiger charge is -2.32. The molecular weight excluding hydrogens is 713 g/mol. The third-order valence-electron chi connectivity index (χ3n) is 9.75. The monoisotopic (exact) mass is 795 g/mol. The molecule has 1 saturated heterocycles. The van der Waals surface area contributed by atoms with Crippen LogP contribution in [0.2, 0.25) is 0 Å². The molecular formula is C48H82N4O3S. The van der Waals surface area contributed by atoms with E-state index in [1.807, 2.05) is 93.5 Å². The van der Waals surface area contributed by atoms with Crippen LogP contribution in [-0.2, 0) is 4.79 Å². The van der Waals surface area contributed by atoms with E-state index in [-0.39, 0.29) is 11.9 Å². The number of urea groups is 1. The Morgan fingerprint density at radius 2 is 1.05 bits per heavy atom. The molecule has 3 saturated carbocycles. The van der Waals surface area contributed by atoms with Gasteiger partial charge in [0.2, 0.25) is 5.91 Å². The summed E-state index contributed by atoms with van der Waals surface area (Å²) in [5, 5.41) is 5.94. The molecule has 0 unspecified atom stereocenters. The zero-order valence-corrected chi connectivity index (χ0v) is 38.4. The molecule has 1 aromatic heterocycles. The number of carbonyl (C=O) groups is 2. The molecule has 0 atom stereocenters. The third-order valence-corrected chi connectivity index (χ3v) is 10.8. The number of ether oxygens (including phenoxy) is 1. The number of hydrogen-bond donors (Lipinski definition) is 2. The second-order valence-electron chi connectivity index (χ2n) is 13.1. The molecule has 7 rings (SSSR count). The highest BCUT2D eigenvalue weighted by atomic mass is 32.1. The molecule has 4 aliphatic rings. The van der Waals surface area contributed by atoms with Crippen molar-refractivity contribution in [2.45, 2.75) is 178 Å². The van der Waals surface area contributed by atoms with Gasteiger partial charge in [0.15, 0.2) is 5.13 Å². The van der Waals surface area contributed by atoms with Crippen molar-refractivity contribution >= 4 is 34.1 Å². The summed E-state index contributed by atoms with van der Waals surface area (Å²) in [7, 11) is 1.56. The average Bonchev–Trinajstić information content (AvgIpc) is 3.78. The Kier molecular flexibility index (Phi) is 32.7. The molecule has 1 aliphatic heterocycles. The molecule has 4 fully saturated rings. The van der Waals surface area contributed by atoms with E-state index >= 15 is 0 Å². The van der Waals surface area contributed by atoms with Crippen molar-refractivity contribution in [3.63, 3.8) is 0 Å². The van der Waals surface area contributed by atoms with Crippen LogP contribution in [0.5, 0.6) is 11.5 Å². The quantitative estimate of drug-likeness (QED) is 0.243. The fourth-order valence-electron chi connectivity index (χ4n) is 6.94. The minimum Gasteiger partial charge on any atom is -0.457 e. The van der Waals surface area contributed by atoms with Crippen molar-refractivity contribution in [1.82, 2.24) is 10.3 Å². The Bertz CT molecular complexity index is 1320. The van der Waals surface area contributed by atoms with Crippen LogP contribution in [0, 0.1) is 11.8 Å². The van der Waals surface area contributed by atoms with E-state index in [1.54, 1.807) is 68.1 Å². The Labute approximate surface area is 348 Å². The topological polar surface area (TPSA) is 83.6 Å². The van der Waals surface area contributed by atoms with Gasteiger partial charge >= 0.3 is 6.03 Å². The van der Waals surface area contributed by atoms with Crippen molar-refractivity contribution in [3.8, 4) is 21.9 Å². The Balaban J connectivity index is 0.000000888. The molecule has 3 aromatic rings. The van der Waals surface area contributed by atoms with E-state index in [0.29, 0.717) is 23.6 Å².